The zero-order valence-corrected chi connectivity index (χ0v) is 22.2. The molecule has 2 aliphatic rings. The first-order valence-corrected chi connectivity index (χ1v) is 15.3. The summed E-state index contributed by atoms with van der Waals surface area (Å²) in [6, 6.07) is 8.56. The van der Waals surface area contributed by atoms with E-state index in [1.54, 1.807) is 37.5 Å². The molecule has 1 saturated carbocycles. The second kappa shape index (κ2) is 10.3. The minimum Gasteiger partial charge on any atom is -0.352 e. The van der Waals surface area contributed by atoms with Crippen LogP contribution in [0.2, 0.25) is 0 Å². The van der Waals surface area contributed by atoms with Crippen LogP contribution in [0.3, 0.4) is 0 Å². The fourth-order valence-corrected chi connectivity index (χ4v) is 5.55. The van der Waals surface area contributed by atoms with Crippen molar-refractivity contribution in [3.8, 4) is 0 Å². The molecule has 1 saturated heterocycles. The lowest BCUT2D eigenvalue weighted by molar-refractivity contribution is 0.0624. The number of benzene rings is 1. The quantitative estimate of drug-likeness (QED) is 0.390. The molecule has 0 radical (unpaired) electrons. The summed E-state index contributed by atoms with van der Waals surface area (Å²) in [4.78, 5) is 29.3. The van der Waals surface area contributed by atoms with Gasteiger partial charge in [-0.2, -0.15) is 8.42 Å². The zero-order chi connectivity index (χ0) is 26.8. The fraction of sp³-hybridized carbons (Fsp3) is 0.435. The number of anilines is 2. The van der Waals surface area contributed by atoms with Gasteiger partial charge in [0.05, 0.1) is 22.9 Å². The molecule has 37 heavy (non-hydrogen) atoms. The SMILES string of the molecule is CCCS(=O)(=O)O.CS(=O)(=O)Nc1ccc(C(=O)N2CCN(c3ncnc4[nH]ccc34)CC23CC3)cc1. The maximum absolute atomic E-state index is 13.2. The fourth-order valence-electron chi connectivity index (χ4n) is 4.47. The lowest BCUT2D eigenvalue weighted by atomic mass is 10.1. The summed E-state index contributed by atoms with van der Waals surface area (Å²) < 4.78 is 52.7. The Bertz CT molecular complexity index is 1480. The van der Waals surface area contributed by atoms with Crippen molar-refractivity contribution >= 4 is 48.6 Å². The number of amides is 1. The zero-order valence-electron chi connectivity index (χ0n) is 20.6. The van der Waals surface area contributed by atoms with Crippen molar-refractivity contribution in [3.05, 3.63) is 48.4 Å². The number of fused-ring (bicyclic) bond motifs is 1. The predicted octanol–water partition coefficient (Wildman–Crippen LogP) is 2.11. The summed E-state index contributed by atoms with van der Waals surface area (Å²) in [5.74, 6) is 0.746. The van der Waals surface area contributed by atoms with Crippen molar-refractivity contribution < 1.29 is 26.2 Å². The van der Waals surface area contributed by atoms with Crippen molar-refractivity contribution in [1.82, 2.24) is 19.9 Å². The van der Waals surface area contributed by atoms with Crippen molar-refractivity contribution in [1.29, 1.82) is 0 Å². The number of carbonyl (C=O) groups is 1. The Balaban J connectivity index is 0.000000405. The van der Waals surface area contributed by atoms with Gasteiger partial charge in [-0.3, -0.25) is 14.1 Å². The number of hydrogen-bond acceptors (Lipinski definition) is 8. The molecule has 0 unspecified atom stereocenters. The molecule has 3 heterocycles. The van der Waals surface area contributed by atoms with Gasteiger partial charge < -0.3 is 14.8 Å². The van der Waals surface area contributed by atoms with Crippen LogP contribution in [0.25, 0.3) is 11.0 Å². The van der Waals surface area contributed by atoms with Gasteiger partial charge in [0.1, 0.15) is 17.8 Å². The molecule has 1 aliphatic heterocycles. The number of aromatic nitrogens is 3. The number of H-pyrrole nitrogens is 1. The van der Waals surface area contributed by atoms with Crippen LogP contribution in [0.5, 0.6) is 0 Å². The first-order valence-electron chi connectivity index (χ1n) is 11.8. The average Bonchev–Trinajstić information content (AvgIpc) is 3.39. The smallest absolute Gasteiger partial charge is 0.264 e. The van der Waals surface area contributed by atoms with Gasteiger partial charge in [-0.25, -0.2) is 18.4 Å². The highest BCUT2D eigenvalue weighted by Gasteiger charge is 2.53. The van der Waals surface area contributed by atoms with Crippen molar-refractivity contribution in [2.24, 2.45) is 0 Å². The number of aromatic amines is 1. The minimum atomic E-state index is -3.67. The van der Waals surface area contributed by atoms with Crippen LogP contribution >= 0.6 is 0 Å². The molecule has 1 amide bonds. The molecule has 14 heteroatoms. The van der Waals surface area contributed by atoms with Gasteiger partial charge in [-0.1, -0.05) is 6.92 Å². The molecular weight excluding hydrogens is 520 g/mol. The first kappa shape index (κ1) is 26.8. The second-order valence-corrected chi connectivity index (χ2v) is 12.6. The third-order valence-electron chi connectivity index (χ3n) is 6.25. The van der Waals surface area contributed by atoms with Crippen LogP contribution in [-0.4, -0.2) is 84.3 Å². The molecule has 3 aromatic rings. The van der Waals surface area contributed by atoms with E-state index in [1.165, 1.54) is 0 Å². The molecule has 1 aliphatic carbocycles. The van der Waals surface area contributed by atoms with E-state index in [1.807, 2.05) is 17.2 Å². The van der Waals surface area contributed by atoms with Gasteiger partial charge in [0, 0.05) is 37.1 Å². The number of piperazine rings is 1. The van der Waals surface area contributed by atoms with Crippen molar-refractivity contribution in [3.63, 3.8) is 0 Å². The van der Waals surface area contributed by atoms with Crippen molar-refractivity contribution in [2.75, 3.05) is 41.3 Å². The summed E-state index contributed by atoms with van der Waals surface area (Å²) in [5.41, 5.74) is 1.64. The molecule has 1 spiro atoms. The third-order valence-corrected chi connectivity index (χ3v) is 7.78. The Labute approximate surface area is 215 Å². The standard InChI is InChI=1S/C20H22N6O3S.C3H8O3S/c1-30(28,29)24-15-4-2-14(3-5-15)19(27)26-11-10-25(12-20(26)7-8-20)18-16-6-9-21-17(16)22-13-23-18;1-2-3-7(4,5)6/h2-6,9,13,24H,7-8,10-12H2,1H3,(H,21,22,23);2-3H2,1H3,(H,4,5,6). The van der Waals surface area contributed by atoms with Crippen LogP contribution in [0.1, 0.15) is 36.5 Å². The summed E-state index contributed by atoms with van der Waals surface area (Å²) in [5, 5.41) is 0.988. The van der Waals surface area contributed by atoms with Crippen molar-refractivity contribution in [2.45, 2.75) is 31.7 Å². The summed E-state index contributed by atoms with van der Waals surface area (Å²) in [7, 11) is -7.02. The maximum atomic E-state index is 13.2. The van der Waals surface area contributed by atoms with E-state index in [4.69, 9.17) is 4.55 Å². The molecule has 1 aromatic carbocycles. The van der Waals surface area contributed by atoms with E-state index in [9.17, 15) is 21.6 Å². The molecule has 2 aromatic heterocycles. The van der Waals surface area contributed by atoms with Gasteiger partial charge in [-0.05, 0) is 49.6 Å². The molecule has 0 bridgehead atoms. The summed E-state index contributed by atoms with van der Waals surface area (Å²) >= 11 is 0. The minimum absolute atomic E-state index is 0.0208. The highest BCUT2D eigenvalue weighted by atomic mass is 32.2. The van der Waals surface area contributed by atoms with Crippen LogP contribution in [0.4, 0.5) is 11.5 Å². The normalized spacial score (nSPS) is 16.8. The van der Waals surface area contributed by atoms with E-state index in [-0.39, 0.29) is 17.2 Å². The Morgan fingerprint density at radius 3 is 2.38 bits per heavy atom. The van der Waals surface area contributed by atoms with Crippen LogP contribution in [0, 0.1) is 0 Å². The molecule has 200 valence electrons. The monoisotopic (exact) mass is 550 g/mol. The van der Waals surface area contributed by atoms with Gasteiger partial charge in [0.25, 0.3) is 16.0 Å². The Hall–Kier alpha value is -3.23. The lowest BCUT2D eigenvalue weighted by Gasteiger charge is -2.42. The number of carbonyl (C=O) groups excluding carboxylic acids is 1. The molecule has 12 nitrogen and oxygen atoms in total. The highest BCUT2D eigenvalue weighted by molar-refractivity contribution is 7.92. The Morgan fingerprint density at radius 2 is 1.81 bits per heavy atom. The van der Waals surface area contributed by atoms with Gasteiger partial charge in [0.15, 0.2) is 0 Å². The van der Waals surface area contributed by atoms with Crippen LogP contribution in [-0.2, 0) is 20.1 Å². The molecule has 0 atom stereocenters. The van der Waals surface area contributed by atoms with Gasteiger partial charge in [0.2, 0.25) is 10.0 Å². The second-order valence-electron chi connectivity index (χ2n) is 9.28. The van der Waals surface area contributed by atoms with E-state index >= 15 is 0 Å². The Kier molecular flexibility index (Phi) is 7.44. The number of nitrogens with zero attached hydrogens (tertiary/aromatic N) is 4. The maximum Gasteiger partial charge on any atom is 0.264 e. The van der Waals surface area contributed by atoms with E-state index in [0.29, 0.717) is 30.8 Å². The summed E-state index contributed by atoms with van der Waals surface area (Å²) in [6.07, 6.45) is 6.92. The van der Waals surface area contributed by atoms with Gasteiger partial charge in [-0.15, -0.1) is 0 Å². The number of nitrogens with one attached hydrogen (secondary N) is 2. The molecule has 3 N–H and O–H groups in total. The highest BCUT2D eigenvalue weighted by Crippen LogP contribution is 2.46. The molecule has 2 fully saturated rings. The topological polar surface area (TPSA) is 166 Å². The van der Waals surface area contributed by atoms with Gasteiger partial charge >= 0.3 is 0 Å². The lowest BCUT2D eigenvalue weighted by Crippen LogP contribution is -2.57. The average molecular weight is 551 g/mol. The summed E-state index contributed by atoms with van der Waals surface area (Å²) in [6.45, 7) is 3.73. The van der Waals surface area contributed by atoms with E-state index < -0.39 is 20.1 Å². The number of sulfonamides is 1. The third kappa shape index (κ3) is 6.56. The predicted molar refractivity (Wildman–Crippen MR) is 141 cm³/mol. The largest absolute Gasteiger partial charge is 0.352 e. The Morgan fingerprint density at radius 1 is 1.11 bits per heavy atom. The van der Waals surface area contributed by atoms with E-state index in [2.05, 4.69) is 24.6 Å². The molecule has 5 rings (SSSR count). The molecular formula is C23H30N6O6S2. The van der Waals surface area contributed by atoms with E-state index in [0.717, 1.165) is 42.5 Å². The first-order chi connectivity index (χ1) is 17.4. The number of rotatable bonds is 6. The van der Waals surface area contributed by atoms with Crippen LogP contribution in [0.15, 0.2) is 42.9 Å². The number of hydrogen-bond donors (Lipinski definition) is 3. The van der Waals surface area contributed by atoms with Crippen LogP contribution < -0.4 is 9.62 Å².